The lowest BCUT2D eigenvalue weighted by Crippen LogP contribution is -2.32. The number of rotatable bonds is 7. The maximum absolute atomic E-state index is 13.4. The minimum absolute atomic E-state index is 0.0000712. The highest BCUT2D eigenvalue weighted by molar-refractivity contribution is 6.00. The van der Waals surface area contributed by atoms with E-state index in [0.29, 0.717) is 35.5 Å². The van der Waals surface area contributed by atoms with Crippen LogP contribution in [-0.2, 0) is 16.1 Å². The van der Waals surface area contributed by atoms with Gasteiger partial charge in [0, 0.05) is 29.6 Å². The van der Waals surface area contributed by atoms with Crippen LogP contribution in [0.5, 0.6) is 0 Å². The predicted molar refractivity (Wildman–Crippen MR) is 152 cm³/mol. The number of allylic oxidation sites excluding steroid dienone is 2. The van der Waals surface area contributed by atoms with Crippen LogP contribution in [0.2, 0.25) is 0 Å². The minimum Gasteiger partial charge on any atom is -0.444 e. The molecule has 0 aliphatic heterocycles. The Morgan fingerprint density at radius 3 is 2.38 bits per heavy atom. The van der Waals surface area contributed by atoms with E-state index in [4.69, 9.17) is 4.74 Å². The van der Waals surface area contributed by atoms with E-state index in [0.717, 1.165) is 44.1 Å². The van der Waals surface area contributed by atoms with Gasteiger partial charge in [-0.3, -0.25) is 9.59 Å². The van der Waals surface area contributed by atoms with Crippen molar-refractivity contribution >= 4 is 23.5 Å². The quantitative estimate of drug-likeness (QED) is 0.299. The molecule has 206 valence electrons. The van der Waals surface area contributed by atoms with Gasteiger partial charge in [-0.2, -0.15) is 0 Å². The van der Waals surface area contributed by atoms with Crippen LogP contribution in [0.4, 0.5) is 10.5 Å². The van der Waals surface area contributed by atoms with E-state index in [2.05, 4.69) is 34.9 Å². The molecule has 0 radical (unpaired) electrons. The lowest BCUT2D eigenvalue weighted by Gasteiger charge is -2.28. The van der Waals surface area contributed by atoms with Gasteiger partial charge in [-0.05, 0) is 100 Å². The molecule has 3 aliphatic rings. The third-order valence-electron chi connectivity index (χ3n) is 8.39. The van der Waals surface area contributed by atoms with Crippen molar-refractivity contribution in [3.8, 4) is 0 Å². The van der Waals surface area contributed by atoms with Gasteiger partial charge in [0.1, 0.15) is 5.60 Å². The standard InChI is InChI=1S/C33H40N2O4/c1-33(2,3)39-32(38)34-20-22-6-4-7-25(17-22)23-12-14-24(15-13-23)30(36)27-8-5-9-28(19-27)35-31(37)29-18-21-10-11-26(29)16-21/h4-11,17,19,21,23-24,26,29H,12-16,18,20H2,1-3H3,(H,34,38)(H,35,37). The first-order valence-corrected chi connectivity index (χ1v) is 14.3. The van der Waals surface area contributed by atoms with Crippen LogP contribution < -0.4 is 10.6 Å². The van der Waals surface area contributed by atoms with Crippen molar-refractivity contribution in [3.63, 3.8) is 0 Å². The molecule has 3 unspecified atom stereocenters. The van der Waals surface area contributed by atoms with Gasteiger partial charge in [0.2, 0.25) is 5.91 Å². The minimum atomic E-state index is -0.524. The van der Waals surface area contributed by atoms with Crippen LogP contribution in [-0.4, -0.2) is 23.4 Å². The van der Waals surface area contributed by atoms with Crippen molar-refractivity contribution in [1.82, 2.24) is 5.32 Å². The van der Waals surface area contributed by atoms with Gasteiger partial charge in [0.15, 0.2) is 5.78 Å². The number of amides is 2. The fourth-order valence-electron chi connectivity index (χ4n) is 6.44. The topological polar surface area (TPSA) is 84.5 Å². The summed E-state index contributed by atoms with van der Waals surface area (Å²) in [7, 11) is 0. The van der Waals surface area contributed by atoms with Crippen molar-refractivity contribution in [2.75, 3.05) is 5.32 Å². The number of anilines is 1. The second kappa shape index (κ2) is 11.4. The number of alkyl carbamates (subject to hydrolysis) is 1. The summed E-state index contributed by atoms with van der Waals surface area (Å²) >= 11 is 0. The first-order valence-electron chi connectivity index (χ1n) is 14.3. The van der Waals surface area contributed by atoms with E-state index in [1.807, 2.05) is 57.2 Å². The molecule has 0 saturated heterocycles. The van der Waals surface area contributed by atoms with Gasteiger partial charge >= 0.3 is 6.09 Å². The molecule has 2 aromatic carbocycles. The van der Waals surface area contributed by atoms with Crippen molar-refractivity contribution in [3.05, 3.63) is 77.4 Å². The lowest BCUT2D eigenvalue weighted by atomic mass is 9.76. The third-order valence-corrected chi connectivity index (χ3v) is 8.39. The van der Waals surface area contributed by atoms with E-state index in [1.54, 1.807) is 0 Å². The zero-order valence-electron chi connectivity index (χ0n) is 23.2. The Hall–Kier alpha value is -3.41. The average Bonchev–Trinajstić information content (AvgIpc) is 3.55. The van der Waals surface area contributed by atoms with Gasteiger partial charge in [0.05, 0.1) is 0 Å². The molecule has 3 aliphatic carbocycles. The van der Waals surface area contributed by atoms with Crippen LogP contribution in [0.25, 0.3) is 0 Å². The fraction of sp³-hybridized carbons (Fsp3) is 0.485. The number of nitrogens with one attached hydrogen (secondary N) is 2. The molecule has 5 rings (SSSR count). The van der Waals surface area contributed by atoms with Crippen molar-refractivity contribution in [1.29, 1.82) is 0 Å². The number of carbonyl (C=O) groups excluding carboxylic acids is 3. The van der Waals surface area contributed by atoms with E-state index in [9.17, 15) is 14.4 Å². The van der Waals surface area contributed by atoms with E-state index in [-0.39, 0.29) is 23.5 Å². The smallest absolute Gasteiger partial charge is 0.407 e. The molecule has 0 aromatic heterocycles. The molecule has 2 amide bonds. The molecule has 3 atom stereocenters. The number of benzene rings is 2. The molecule has 2 bridgehead atoms. The number of hydrogen-bond acceptors (Lipinski definition) is 4. The zero-order valence-corrected chi connectivity index (χ0v) is 23.2. The van der Waals surface area contributed by atoms with Gasteiger partial charge in [0.25, 0.3) is 0 Å². The maximum atomic E-state index is 13.4. The molecule has 6 heteroatoms. The van der Waals surface area contributed by atoms with Gasteiger partial charge in [-0.15, -0.1) is 0 Å². The van der Waals surface area contributed by atoms with E-state index in [1.165, 1.54) is 5.56 Å². The molecule has 0 heterocycles. The number of Topliss-reactive ketones (excluding diaryl/α,β-unsaturated/α-hetero) is 1. The first kappa shape index (κ1) is 27.2. The molecule has 39 heavy (non-hydrogen) atoms. The lowest BCUT2D eigenvalue weighted by molar-refractivity contribution is -0.120. The van der Waals surface area contributed by atoms with Crippen LogP contribution in [0.15, 0.2) is 60.7 Å². The highest BCUT2D eigenvalue weighted by atomic mass is 16.6. The largest absolute Gasteiger partial charge is 0.444 e. The fourth-order valence-corrected chi connectivity index (χ4v) is 6.44. The molecular weight excluding hydrogens is 488 g/mol. The summed E-state index contributed by atoms with van der Waals surface area (Å²) < 4.78 is 5.33. The molecule has 2 fully saturated rings. The normalized spacial score (nSPS) is 25.8. The van der Waals surface area contributed by atoms with Crippen LogP contribution in [0.1, 0.15) is 86.7 Å². The Labute approximate surface area is 231 Å². The summed E-state index contributed by atoms with van der Waals surface area (Å²) in [4.78, 5) is 38.2. The maximum Gasteiger partial charge on any atom is 0.407 e. The summed E-state index contributed by atoms with van der Waals surface area (Å²) in [6, 6.07) is 15.8. The highest BCUT2D eigenvalue weighted by Crippen LogP contribution is 2.44. The van der Waals surface area contributed by atoms with Gasteiger partial charge in [-0.25, -0.2) is 4.79 Å². The van der Waals surface area contributed by atoms with Crippen molar-refractivity contribution in [2.24, 2.45) is 23.7 Å². The average molecular weight is 529 g/mol. The molecule has 2 saturated carbocycles. The van der Waals surface area contributed by atoms with E-state index < -0.39 is 11.7 Å². The van der Waals surface area contributed by atoms with Crippen LogP contribution >= 0.6 is 0 Å². The molecule has 0 spiro atoms. The molecule has 2 N–H and O–H groups in total. The van der Waals surface area contributed by atoms with Gasteiger partial charge in [-0.1, -0.05) is 48.6 Å². The van der Waals surface area contributed by atoms with Crippen LogP contribution in [0.3, 0.4) is 0 Å². The number of ether oxygens (including phenoxy) is 1. The zero-order chi connectivity index (χ0) is 27.6. The number of ketones is 1. The first-order chi connectivity index (χ1) is 18.6. The Kier molecular flexibility index (Phi) is 7.92. The Bertz CT molecular complexity index is 1250. The summed E-state index contributed by atoms with van der Waals surface area (Å²) in [5.74, 6) is 1.59. The number of carbonyl (C=O) groups is 3. The molecule has 2 aromatic rings. The number of fused-ring (bicyclic) bond motifs is 2. The molecular formula is C33H40N2O4. The van der Waals surface area contributed by atoms with Crippen LogP contribution in [0, 0.1) is 23.7 Å². The summed E-state index contributed by atoms with van der Waals surface area (Å²) in [5, 5.41) is 5.90. The van der Waals surface area contributed by atoms with E-state index >= 15 is 0 Å². The van der Waals surface area contributed by atoms with Crippen molar-refractivity contribution in [2.45, 2.75) is 77.4 Å². The highest BCUT2D eigenvalue weighted by Gasteiger charge is 2.39. The second-order valence-electron chi connectivity index (χ2n) is 12.5. The Morgan fingerprint density at radius 1 is 0.923 bits per heavy atom. The third kappa shape index (κ3) is 6.78. The number of hydrogen-bond donors (Lipinski definition) is 2. The SMILES string of the molecule is CC(C)(C)OC(=O)NCc1cccc(C2CCC(C(=O)c3cccc(NC(=O)C4CC5C=CC4C5)c3)CC2)c1. The van der Waals surface area contributed by atoms with Gasteiger partial charge < -0.3 is 15.4 Å². The summed E-state index contributed by atoms with van der Waals surface area (Å²) in [5.41, 5.74) is 3.16. The summed E-state index contributed by atoms with van der Waals surface area (Å²) in [6.07, 6.45) is 9.62. The monoisotopic (exact) mass is 528 g/mol. The Balaban J connectivity index is 1.13. The second-order valence-corrected chi connectivity index (χ2v) is 12.5. The van der Waals surface area contributed by atoms with Crippen molar-refractivity contribution < 1.29 is 19.1 Å². The molecule has 6 nitrogen and oxygen atoms in total. The Morgan fingerprint density at radius 2 is 1.69 bits per heavy atom. The summed E-state index contributed by atoms with van der Waals surface area (Å²) in [6.45, 7) is 5.96. The predicted octanol–water partition coefficient (Wildman–Crippen LogP) is 7.02.